The van der Waals surface area contributed by atoms with Crippen LogP contribution in [-0.2, 0) is 4.79 Å². The first-order valence-electron chi connectivity index (χ1n) is 10.5. The van der Waals surface area contributed by atoms with Gasteiger partial charge < -0.3 is 15.1 Å². The van der Waals surface area contributed by atoms with Crippen molar-refractivity contribution in [2.24, 2.45) is 11.3 Å². The standard InChI is InChI=1S/C26H24N2O3/c1-26(2)14-20-23(21(29)15-26)24(22-9-6-12-31-22)28-18-11-10-17(13-19(18)27-20)25(30)16-7-4-3-5-8-16/h3-14,23-24,27-28H,15H2,1-2H3. The van der Waals surface area contributed by atoms with Crippen molar-refractivity contribution in [3.63, 3.8) is 0 Å². The molecule has 5 heteroatoms. The summed E-state index contributed by atoms with van der Waals surface area (Å²) in [6.45, 7) is 4.12. The zero-order chi connectivity index (χ0) is 21.6. The molecule has 3 aromatic rings. The Morgan fingerprint density at radius 1 is 1.00 bits per heavy atom. The summed E-state index contributed by atoms with van der Waals surface area (Å²) >= 11 is 0. The Morgan fingerprint density at radius 2 is 1.81 bits per heavy atom. The van der Waals surface area contributed by atoms with Gasteiger partial charge in [-0.05, 0) is 35.7 Å². The van der Waals surface area contributed by atoms with Crippen LogP contribution in [0.5, 0.6) is 0 Å². The molecule has 2 aromatic carbocycles. The van der Waals surface area contributed by atoms with Crippen LogP contribution in [0.1, 0.15) is 48.0 Å². The molecule has 5 rings (SSSR count). The fraction of sp³-hybridized carbons (Fsp3) is 0.231. The van der Waals surface area contributed by atoms with Crippen molar-refractivity contribution in [3.8, 4) is 0 Å². The minimum atomic E-state index is -0.389. The molecule has 1 aliphatic carbocycles. The number of fused-ring (bicyclic) bond motifs is 2. The highest BCUT2D eigenvalue weighted by Gasteiger charge is 2.42. The van der Waals surface area contributed by atoms with Gasteiger partial charge in [0.15, 0.2) is 5.78 Å². The predicted molar refractivity (Wildman–Crippen MR) is 120 cm³/mol. The summed E-state index contributed by atoms with van der Waals surface area (Å²) in [4.78, 5) is 26.2. The molecule has 0 amide bonds. The first kappa shape index (κ1) is 19.4. The molecule has 2 atom stereocenters. The number of rotatable bonds is 3. The summed E-state index contributed by atoms with van der Waals surface area (Å²) in [5.74, 6) is 0.447. The van der Waals surface area contributed by atoms with E-state index in [1.54, 1.807) is 6.26 Å². The molecule has 1 aliphatic heterocycles. The zero-order valence-electron chi connectivity index (χ0n) is 17.5. The van der Waals surface area contributed by atoms with Crippen LogP contribution in [0, 0.1) is 11.3 Å². The van der Waals surface area contributed by atoms with Crippen molar-refractivity contribution < 1.29 is 14.0 Å². The summed E-state index contributed by atoms with van der Waals surface area (Å²) in [5.41, 5.74) is 3.44. The largest absolute Gasteiger partial charge is 0.467 e. The average Bonchev–Trinajstić information content (AvgIpc) is 3.22. The number of nitrogens with one attached hydrogen (secondary N) is 2. The summed E-state index contributed by atoms with van der Waals surface area (Å²) < 4.78 is 5.69. The molecule has 0 spiro atoms. The highest BCUT2D eigenvalue weighted by molar-refractivity contribution is 6.10. The fourth-order valence-electron chi connectivity index (χ4n) is 4.55. The van der Waals surface area contributed by atoms with E-state index in [1.165, 1.54) is 0 Å². The third kappa shape index (κ3) is 3.56. The Bertz CT molecular complexity index is 1180. The molecule has 0 saturated heterocycles. The maximum absolute atomic E-state index is 13.2. The molecule has 5 nitrogen and oxygen atoms in total. The van der Waals surface area contributed by atoms with Gasteiger partial charge in [-0.2, -0.15) is 0 Å². The zero-order valence-corrected chi connectivity index (χ0v) is 17.5. The van der Waals surface area contributed by atoms with Crippen molar-refractivity contribution in [2.45, 2.75) is 26.3 Å². The lowest BCUT2D eigenvalue weighted by molar-refractivity contribution is -0.124. The molecule has 31 heavy (non-hydrogen) atoms. The topological polar surface area (TPSA) is 71.3 Å². The van der Waals surface area contributed by atoms with E-state index in [9.17, 15) is 9.59 Å². The van der Waals surface area contributed by atoms with Gasteiger partial charge >= 0.3 is 0 Å². The van der Waals surface area contributed by atoms with E-state index in [0.717, 1.165) is 17.1 Å². The molecule has 0 radical (unpaired) electrons. The molecular formula is C26H24N2O3. The van der Waals surface area contributed by atoms with Crippen LogP contribution >= 0.6 is 0 Å². The van der Waals surface area contributed by atoms with Gasteiger partial charge in [-0.15, -0.1) is 0 Å². The van der Waals surface area contributed by atoms with Crippen molar-refractivity contribution in [2.75, 3.05) is 10.6 Å². The quantitative estimate of drug-likeness (QED) is 0.549. The van der Waals surface area contributed by atoms with Gasteiger partial charge in [0.05, 0.1) is 29.6 Å². The number of benzene rings is 2. The number of anilines is 2. The number of ketones is 2. The van der Waals surface area contributed by atoms with Crippen LogP contribution in [0.25, 0.3) is 0 Å². The lowest BCUT2D eigenvalue weighted by Crippen LogP contribution is -2.36. The van der Waals surface area contributed by atoms with E-state index in [0.29, 0.717) is 23.3 Å². The molecule has 1 aromatic heterocycles. The molecule has 2 N–H and O–H groups in total. The van der Waals surface area contributed by atoms with Crippen LogP contribution in [0.3, 0.4) is 0 Å². The number of allylic oxidation sites excluding steroid dienone is 1. The Kier molecular flexibility index (Phi) is 4.54. The van der Waals surface area contributed by atoms with Crippen molar-refractivity contribution in [3.05, 3.63) is 95.6 Å². The lowest BCUT2D eigenvalue weighted by Gasteiger charge is -2.34. The molecule has 0 bridgehead atoms. The van der Waals surface area contributed by atoms with Gasteiger partial charge in [0, 0.05) is 23.2 Å². The number of hydrogen-bond acceptors (Lipinski definition) is 5. The lowest BCUT2D eigenvalue weighted by atomic mass is 9.73. The van der Waals surface area contributed by atoms with Gasteiger partial charge in [-0.3, -0.25) is 9.59 Å². The van der Waals surface area contributed by atoms with E-state index in [4.69, 9.17) is 4.42 Å². The maximum atomic E-state index is 13.2. The SMILES string of the molecule is CC1(C)C=C2Nc3cc(C(=O)c4ccccc4)ccc3NC(c3ccco3)C2C(=O)C1. The minimum absolute atomic E-state index is 0.0392. The van der Waals surface area contributed by atoms with Crippen LogP contribution in [-0.4, -0.2) is 11.6 Å². The molecule has 2 aliphatic rings. The second-order valence-electron chi connectivity index (χ2n) is 8.93. The van der Waals surface area contributed by atoms with Gasteiger partial charge in [0.25, 0.3) is 0 Å². The molecular weight excluding hydrogens is 388 g/mol. The van der Waals surface area contributed by atoms with E-state index >= 15 is 0 Å². The Balaban J connectivity index is 1.60. The van der Waals surface area contributed by atoms with Crippen LogP contribution in [0.2, 0.25) is 0 Å². The van der Waals surface area contributed by atoms with E-state index in [-0.39, 0.29) is 28.9 Å². The number of Topliss-reactive ketones (excluding diaryl/α,β-unsaturated/α-hetero) is 1. The van der Waals surface area contributed by atoms with Crippen LogP contribution < -0.4 is 10.6 Å². The van der Waals surface area contributed by atoms with Crippen LogP contribution in [0.15, 0.2) is 83.1 Å². The van der Waals surface area contributed by atoms with Crippen molar-refractivity contribution in [1.29, 1.82) is 0 Å². The first-order valence-corrected chi connectivity index (χ1v) is 10.5. The highest BCUT2D eigenvalue weighted by atomic mass is 16.3. The Hall–Kier alpha value is -3.60. The molecule has 2 heterocycles. The third-order valence-electron chi connectivity index (χ3n) is 5.95. The van der Waals surface area contributed by atoms with Gasteiger partial charge in [-0.25, -0.2) is 0 Å². The molecule has 0 saturated carbocycles. The smallest absolute Gasteiger partial charge is 0.193 e. The second-order valence-corrected chi connectivity index (χ2v) is 8.93. The van der Waals surface area contributed by atoms with Crippen molar-refractivity contribution in [1.82, 2.24) is 0 Å². The molecule has 0 fully saturated rings. The predicted octanol–water partition coefficient (Wildman–Crippen LogP) is 5.59. The number of hydrogen-bond donors (Lipinski definition) is 2. The highest BCUT2D eigenvalue weighted by Crippen LogP contribution is 2.45. The minimum Gasteiger partial charge on any atom is -0.467 e. The number of furan rings is 1. The molecule has 156 valence electrons. The summed E-state index contributed by atoms with van der Waals surface area (Å²) in [7, 11) is 0. The monoisotopic (exact) mass is 412 g/mol. The Labute approximate surface area is 181 Å². The summed E-state index contributed by atoms with van der Waals surface area (Å²) in [5, 5.41) is 6.97. The van der Waals surface area contributed by atoms with Gasteiger partial charge in [-0.1, -0.05) is 50.3 Å². The van der Waals surface area contributed by atoms with Crippen molar-refractivity contribution >= 4 is 22.9 Å². The Morgan fingerprint density at radius 3 is 2.55 bits per heavy atom. The van der Waals surface area contributed by atoms with Gasteiger partial charge in [0.2, 0.25) is 0 Å². The summed E-state index contributed by atoms with van der Waals surface area (Å²) in [6.07, 6.45) is 4.23. The normalized spacial score (nSPS) is 21.6. The number of carbonyl (C=O) groups excluding carboxylic acids is 2. The van der Waals surface area contributed by atoms with Crippen LogP contribution in [0.4, 0.5) is 11.4 Å². The van der Waals surface area contributed by atoms with Gasteiger partial charge in [0.1, 0.15) is 11.5 Å². The van der Waals surface area contributed by atoms with E-state index < -0.39 is 0 Å². The van der Waals surface area contributed by atoms with E-state index in [1.807, 2.05) is 60.7 Å². The maximum Gasteiger partial charge on any atom is 0.193 e. The second kappa shape index (κ2) is 7.27. The summed E-state index contributed by atoms with van der Waals surface area (Å²) in [6, 6.07) is 18.2. The third-order valence-corrected chi connectivity index (χ3v) is 5.95. The first-order chi connectivity index (χ1) is 14.9. The number of carbonyl (C=O) groups is 2. The van der Waals surface area contributed by atoms with E-state index in [2.05, 4.69) is 30.6 Å². The molecule has 2 unspecified atom stereocenters. The average molecular weight is 412 g/mol. The fourth-order valence-corrected chi connectivity index (χ4v) is 4.55.